The Morgan fingerprint density at radius 3 is 2.62 bits per heavy atom. The van der Waals surface area contributed by atoms with E-state index in [9.17, 15) is 19.6 Å². The minimum absolute atomic E-state index is 0.0499. The highest BCUT2D eigenvalue weighted by atomic mass is 35.5. The third kappa shape index (κ3) is 3.48. The number of halogens is 2. The Kier molecular flexibility index (Phi) is 4.40. The molecule has 0 radical (unpaired) electrons. The fourth-order valence-corrected chi connectivity index (χ4v) is 1.81. The number of hydrogen-bond donors (Lipinski definition) is 1. The molecule has 0 saturated carbocycles. The molecule has 2 aromatic rings. The van der Waals surface area contributed by atoms with Gasteiger partial charge < -0.3 is 9.84 Å². The zero-order chi connectivity index (χ0) is 15.6. The summed E-state index contributed by atoms with van der Waals surface area (Å²) < 4.78 is 18.7. The number of nitro benzene ring substituents is 1. The summed E-state index contributed by atoms with van der Waals surface area (Å²) in [4.78, 5) is 10.4. The van der Waals surface area contributed by atoms with Crippen molar-refractivity contribution in [2.45, 2.75) is 13.0 Å². The Balaban J connectivity index is 2.39. The lowest BCUT2D eigenvalue weighted by atomic mass is 10.1. The van der Waals surface area contributed by atoms with Crippen molar-refractivity contribution in [1.82, 2.24) is 0 Å². The summed E-state index contributed by atoms with van der Waals surface area (Å²) in [5.41, 5.74) is 0.0695. The smallest absolute Gasteiger partial charge is 0.311 e. The molecule has 0 aromatic heterocycles. The Hall–Kier alpha value is -2.18. The second kappa shape index (κ2) is 6.07. The van der Waals surface area contributed by atoms with Gasteiger partial charge in [0.1, 0.15) is 11.6 Å². The van der Waals surface area contributed by atoms with E-state index in [-0.39, 0.29) is 22.2 Å². The van der Waals surface area contributed by atoms with Crippen LogP contribution in [0.25, 0.3) is 0 Å². The molecule has 1 atom stereocenters. The van der Waals surface area contributed by atoms with E-state index in [4.69, 9.17) is 16.3 Å². The number of hydrogen-bond acceptors (Lipinski definition) is 4. The highest BCUT2D eigenvalue weighted by molar-refractivity contribution is 6.30. The van der Waals surface area contributed by atoms with E-state index in [0.29, 0.717) is 5.56 Å². The van der Waals surface area contributed by atoms with Crippen molar-refractivity contribution < 1.29 is 19.2 Å². The van der Waals surface area contributed by atoms with Crippen LogP contribution in [0.15, 0.2) is 36.4 Å². The van der Waals surface area contributed by atoms with E-state index in [2.05, 4.69) is 0 Å². The predicted octanol–water partition coefficient (Wildman–Crippen LogP) is 4.23. The summed E-state index contributed by atoms with van der Waals surface area (Å²) in [6, 6.07) is 7.80. The second-order valence-electron chi connectivity index (χ2n) is 4.34. The lowest BCUT2D eigenvalue weighted by Crippen LogP contribution is -1.97. The lowest BCUT2D eigenvalue weighted by molar-refractivity contribution is -0.385. The number of aliphatic hydroxyl groups is 1. The van der Waals surface area contributed by atoms with Crippen LogP contribution in [0.1, 0.15) is 18.6 Å². The Morgan fingerprint density at radius 2 is 2.05 bits per heavy atom. The largest absolute Gasteiger partial charge is 0.450 e. The molecule has 0 aliphatic rings. The van der Waals surface area contributed by atoms with Gasteiger partial charge in [-0.25, -0.2) is 4.39 Å². The topological polar surface area (TPSA) is 72.6 Å². The molecule has 0 heterocycles. The monoisotopic (exact) mass is 311 g/mol. The van der Waals surface area contributed by atoms with E-state index in [1.807, 2.05) is 0 Å². The quantitative estimate of drug-likeness (QED) is 0.677. The number of rotatable bonds is 4. The van der Waals surface area contributed by atoms with Crippen molar-refractivity contribution in [2.75, 3.05) is 0 Å². The van der Waals surface area contributed by atoms with Crippen molar-refractivity contribution >= 4 is 17.3 Å². The Labute approximate surface area is 124 Å². The number of nitro groups is 1. The van der Waals surface area contributed by atoms with Crippen molar-refractivity contribution in [3.05, 3.63) is 62.9 Å². The van der Waals surface area contributed by atoms with Crippen LogP contribution in [0, 0.1) is 15.9 Å². The van der Waals surface area contributed by atoms with E-state index in [1.54, 1.807) is 0 Å². The summed E-state index contributed by atoms with van der Waals surface area (Å²) in [5.74, 6) is -0.645. The Bertz CT molecular complexity index is 691. The molecule has 0 bridgehead atoms. The minimum Gasteiger partial charge on any atom is -0.450 e. The van der Waals surface area contributed by atoms with Crippen molar-refractivity contribution in [1.29, 1.82) is 0 Å². The zero-order valence-electron chi connectivity index (χ0n) is 10.9. The molecular formula is C14H11ClFNO4. The maximum absolute atomic E-state index is 13.3. The highest BCUT2D eigenvalue weighted by Gasteiger charge is 2.18. The third-order valence-electron chi connectivity index (χ3n) is 2.78. The zero-order valence-corrected chi connectivity index (χ0v) is 11.7. The molecule has 2 aromatic carbocycles. The van der Waals surface area contributed by atoms with Gasteiger partial charge in [-0.05, 0) is 30.7 Å². The first-order chi connectivity index (χ1) is 9.88. The fraction of sp³-hybridized carbons (Fsp3) is 0.143. The van der Waals surface area contributed by atoms with Crippen LogP contribution in [0.5, 0.6) is 11.5 Å². The molecule has 5 nitrogen and oxygen atoms in total. The molecule has 0 spiro atoms. The average Bonchev–Trinajstić information content (AvgIpc) is 2.43. The predicted molar refractivity (Wildman–Crippen MR) is 75.2 cm³/mol. The molecule has 110 valence electrons. The molecule has 1 N–H and O–H groups in total. The van der Waals surface area contributed by atoms with Crippen molar-refractivity contribution in [3.8, 4) is 11.5 Å². The van der Waals surface area contributed by atoms with E-state index in [0.717, 1.165) is 6.07 Å². The van der Waals surface area contributed by atoms with E-state index in [1.165, 1.54) is 37.3 Å². The van der Waals surface area contributed by atoms with Crippen LogP contribution < -0.4 is 4.74 Å². The van der Waals surface area contributed by atoms with Gasteiger partial charge in [-0.1, -0.05) is 17.7 Å². The first-order valence-electron chi connectivity index (χ1n) is 5.98. The first kappa shape index (κ1) is 15.2. The van der Waals surface area contributed by atoms with Gasteiger partial charge in [0.05, 0.1) is 16.0 Å². The maximum Gasteiger partial charge on any atom is 0.311 e. The summed E-state index contributed by atoms with van der Waals surface area (Å²) in [5, 5.41) is 20.4. The van der Waals surface area contributed by atoms with Gasteiger partial charge in [0.2, 0.25) is 5.75 Å². The van der Waals surface area contributed by atoms with Crippen LogP contribution in [-0.2, 0) is 0 Å². The number of aliphatic hydroxyl groups excluding tert-OH is 1. The van der Waals surface area contributed by atoms with Crippen LogP contribution in [0.4, 0.5) is 10.1 Å². The van der Waals surface area contributed by atoms with Gasteiger partial charge in [-0.3, -0.25) is 10.1 Å². The number of ether oxygens (including phenoxy) is 1. The molecule has 1 unspecified atom stereocenters. The SMILES string of the molecule is CC(O)c1ccc(Oc2ccc(Cl)c(F)c2)c([N+](=O)[O-])c1. The van der Waals surface area contributed by atoms with Gasteiger partial charge in [-0.2, -0.15) is 0 Å². The molecule has 7 heteroatoms. The van der Waals surface area contributed by atoms with Crippen molar-refractivity contribution in [3.63, 3.8) is 0 Å². The molecule has 0 amide bonds. The lowest BCUT2D eigenvalue weighted by Gasteiger charge is -2.09. The summed E-state index contributed by atoms with van der Waals surface area (Å²) in [7, 11) is 0. The standard InChI is InChI=1S/C14H11ClFNO4/c1-8(18)9-2-5-14(13(6-9)17(19)20)21-10-3-4-11(15)12(16)7-10/h2-8,18H,1H3. The van der Waals surface area contributed by atoms with Gasteiger partial charge in [-0.15, -0.1) is 0 Å². The summed E-state index contributed by atoms with van der Waals surface area (Å²) >= 11 is 5.55. The van der Waals surface area contributed by atoms with Gasteiger partial charge in [0, 0.05) is 12.1 Å². The second-order valence-corrected chi connectivity index (χ2v) is 4.75. The first-order valence-corrected chi connectivity index (χ1v) is 6.35. The molecule has 21 heavy (non-hydrogen) atoms. The molecule has 0 aliphatic carbocycles. The van der Waals surface area contributed by atoms with Crippen molar-refractivity contribution in [2.24, 2.45) is 0 Å². The van der Waals surface area contributed by atoms with E-state index >= 15 is 0 Å². The fourth-order valence-electron chi connectivity index (χ4n) is 1.69. The molecule has 0 aliphatic heterocycles. The summed E-state index contributed by atoms with van der Waals surface area (Å²) in [6.45, 7) is 1.49. The maximum atomic E-state index is 13.3. The molecule has 0 fully saturated rings. The van der Waals surface area contributed by atoms with E-state index < -0.39 is 16.8 Å². The molecule has 0 saturated heterocycles. The third-order valence-corrected chi connectivity index (χ3v) is 3.09. The highest BCUT2D eigenvalue weighted by Crippen LogP contribution is 2.34. The number of nitrogens with zero attached hydrogens (tertiary/aromatic N) is 1. The molecule has 2 rings (SSSR count). The number of benzene rings is 2. The molecular weight excluding hydrogens is 301 g/mol. The van der Waals surface area contributed by atoms with Gasteiger partial charge in [0.25, 0.3) is 0 Å². The Morgan fingerprint density at radius 1 is 1.33 bits per heavy atom. The van der Waals surface area contributed by atoms with Crippen LogP contribution >= 0.6 is 11.6 Å². The normalized spacial score (nSPS) is 12.0. The van der Waals surface area contributed by atoms with Crippen LogP contribution in [0.2, 0.25) is 5.02 Å². The minimum atomic E-state index is -0.842. The van der Waals surface area contributed by atoms with Gasteiger partial charge in [0.15, 0.2) is 0 Å². The average molecular weight is 312 g/mol. The summed E-state index contributed by atoms with van der Waals surface area (Å²) in [6.07, 6.45) is -0.842. The van der Waals surface area contributed by atoms with Gasteiger partial charge >= 0.3 is 5.69 Å². The van der Waals surface area contributed by atoms with Crippen LogP contribution in [0.3, 0.4) is 0 Å². The van der Waals surface area contributed by atoms with Crippen LogP contribution in [-0.4, -0.2) is 10.0 Å².